The van der Waals surface area contributed by atoms with Crippen LogP contribution in [0.3, 0.4) is 0 Å². The molecule has 0 saturated heterocycles. The first-order valence-corrected chi connectivity index (χ1v) is 9.83. The number of anilines is 1. The number of likely N-dealkylation sites (N-methyl/N-ethyl adjacent to an activating group) is 1. The molecule has 0 aliphatic rings. The first-order valence-electron chi connectivity index (χ1n) is 8.61. The summed E-state index contributed by atoms with van der Waals surface area (Å²) in [6.07, 6.45) is 2.37. The smallest absolute Gasteiger partial charge is 0.238 e. The largest absolute Gasteiger partial charge is 0.355 e. The predicted octanol–water partition coefficient (Wildman–Crippen LogP) is 2.78. The lowest BCUT2D eigenvalue weighted by Crippen LogP contribution is -2.39. The van der Waals surface area contributed by atoms with E-state index in [-0.39, 0.29) is 30.7 Å². The van der Waals surface area contributed by atoms with Crippen LogP contribution in [0.1, 0.15) is 5.56 Å². The molecule has 5 nitrogen and oxygen atoms in total. The van der Waals surface area contributed by atoms with E-state index in [1.54, 1.807) is 41.9 Å². The minimum Gasteiger partial charge on any atom is -0.355 e. The molecule has 0 aromatic heterocycles. The maximum Gasteiger partial charge on any atom is 0.238 e. The van der Waals surface area contributed by atoms with E-state index >= 15 is 0 Å². The summed E-state index contributed by atoms with van der Waals surface area (Å²) >= 11 is 1.56. The highest BCUT2D eigenvalue weighted by Gasteiger charge is 2.12. The lowest BCUT2D eigenvalue weighted by atomic mass is 10.1. The number of para-hydroxylation sites is 1. The molecule has 2 aromatic rings. The predicted molar refractivity (Wildman–Crippen MR) is 107 cm³/mol. The third kappa shape index (κ3) is 7.03. The van der Waals surface area contributed by atoms with Crippen molar-refractivity contribution in [3.05, 3.63) is 59.9 Å². The normalized spacial score (nSPS) is 10.7. The zero-order chi connectivity index (χ0) is 19.6. The molecule has 0 radical (unpaired) electrons. The van der Waals surface area contributed by atoms with E-state index in [1.807, 2.05) is 30.5 Å². The molecular weight excluding hydrogens is 365 g/mol. The van der Waals surface area contributed by atoms with Gasteiger partial charge in [-0.3, -0.25) is 14.5 Å². The van der Waals surface area contributed by atoms with Crippen LogP contribution in [0, 0.1) is 5.82 Å². The third-order valence-corrected chi connectivity index (χ3v) is 4.68. The Hall–Kier alpha value is -2.38. The van der Waals surface area contributed by atoms with Crippen LogP contribution in [0.15, 0.2) is 53.4 Å². The monoisotopic (exact) mass is 389 g/mol. The molecule has 27 heavy (non-hydrogen) atoms. The summed E-state index contributed by atoms with van der Waals surface area (Å²) in [4.78, 5) is 26.8. The number of amides is 2. The Morgan fingerprint density at radius 1 is 1.04 bits per heavy atom. The molecule has 0 unspecified atom stereocenters. The second-order valence-electron chi connectivity index (χ2n) is 6.11. The van der Waals surface area contributed by atoms with Gasteiger partial charge < -0.3 is 10.6 Å². The minimum absolute atomic E-state index is 0.0921. The Bertz CT molecular complexity index is 785. The first-order chi connectivity index (χ1) is 13.0. The second-order valence-corrected chi connectivity index (χ2v) is 6.96. The lowest BCUT2D eigenvalue weighted by Gasteiger charge is -2.17. The maximum atomic E-state index is 13.5. The fourth-order valence-corrected chi connectivity index (χ4v) is 3.13. The van der Waals surface area contributed by atoms with Gasteiger partial charge in [-0.2, -0.15) is 0 Å². The van der Waals surface area contributed by atoms with Crippen LogP contribution in [-0.4, -0.2) is 49.7 Å². The van der Waals surface area contributed by atoms with Gasteiger partial charge in [0.1, 0.15) is 5.82 Å². The molecule has 0 spiro atoms. The Balaban J connectivity index is 1.72. The number of benzene rings is 2. The number of hydrogen-bond donors (Lipinski definition) is 2. The molecule has 2 rings (SSSR count). The van der Waals surface area contributed by atoms with E-state index < -0.39 is 0 Å². The number of carbonyl (C=O) groups excluding carboxylic acids is 2. The number of halogens is 1. The number of nitrogens with zero attached hydrogens (tertiary/aromatic N) is 1. The number of carbonyl (C=O) groups is 2. The van der Waals surface area contributed by atoms with Crippen molar-refractivity contribution < 1.29 is 14.0 Å². The van der Waals surface area contributed by atoms with Crippen LogP contribution >= 0.6 is 11.8 Å². The van der Waals surface area contributed by atoms with E-state index in [2.05, 4.69) is 10.6 Å². The standard InChI is InChI=1S/C20H24FN3O2S/c1-24(14-20(26)23-17-9-5-6-10-18(17)27-2)13-19(25)22-12-11-15-7-3-4-8-16(15)21/h3-10H,11-14H2,1-2H3,(H,22,25)(H,23,26). The van der Waals surface area contributed by atoms with Crippen molar-refractivity contribution in [1.82, 2.24) is 10.2 Å². The van der Waals surface area contributed by atoms with Crippen LogP contribution in [0.5, 0.6) is 0 Å². The van der Waals surface area contributed by atoms with Gasteiger partial charge in [-0.25, -0.2) is 4.39 Å². The fraction of sp³-hybridized carbons (Fsp3) is 0.300. The van der Waals surface area contributed by atoms with Crippen molar-refractivity contribution in [3.63, 3.8) is 0 Å². The summed E-state index contributed by atoms with van der Waals surface area (Å²) in [5, 5.41) is 5.61. The van der Waals surface area contributed by atoms with Crippen molar-refractivity contribution in [2.24, 2.45) is 0 Å². The third-order valence-electron chi connectivity index (χ3n) is 3.88. The number of hydrogen-bond acceptors (Lipinski definition) is 4. The Kier molecular flexibility index (Phi) is 8.29. The van der Waals surface area contributed by atoms with Crippen molar-refractivity contribution in [2.45, 2.75) is 11.3 Å². The highest BCUT2D eigenvalue weighted by Crippen LogP contribution is 2.24. The molecule has 2 N–H and O–H groups in total. The Morgan fingerprint density at radius 2 is 1.70 bits per heavy atom. The van der Waals surface area contributed by atoms with Crippen molar-refractivity contribution in [1.29, 1.82) is 0 Å². The fourth-order valence-electron chi connectivity index (χ4n) is 2.58. The van der Waals surface area contributed by atoms with Crippen molar-refractivity contribution >= 4 is 29.3 Å². The summed E-state index contributed by atoms with van der Waals surface area (Å²) in [6.45, 7) is 0.541. The molecule has 2 aromatic carbocycles. The van der Waals surface area contributed by atoms with E-state index in [0.717, 1.165) is 10.6 Å². The summed E-state index contributed by atoms with van der Waals surface area (Å²) in [7, 11) is 1.70. The van der Waals surface area contributed by atoms with E-state index in [1.165, 1.54) is 6.07 Å². The number of thioether (sulfide) groups is 1. The molecule has 7 heteroatoms. The van der Waals surface area contributed by atoms with Crippen LogP contribution < -0.4 is 10.6 Å². The summed E-state index contributed by atoms with van der Waals surface area (Å²) in [6, 6.07) is 14.1. The van der Waals surface area contributed by atoms with Gasteiger partial charge in [0.25, 0.3) is 0 Å². The van der Waals surface area contributed by atoms with Crippen LogP contribution in [0.25, 0.3) is 0 Å². The van der Waals surface area contributed by atoms with E-state index in [4.69, 9.17) is 0 Å². The summed E-state index contributed by atoms with van der Waals surface area (Å²) in [5.41, 5.74) is 1.33. The van der Waals surface area contributed by atoms with Gasteiger partial charge >= 0.3 is 0 Å². The van der Waals surface area contributed by atoms with E-state index in [0.29, 0.717) is 18.5 Å². The minimum atomic E-state index is -0.272. The highest BCUT2D eigenvalue weighted by atomic mass is 32.2. The van der Waals surface area contributed by atoms with Gasteiger partial charge in [0, 0.05) is 11.4 Å². The molecule has 144 valence electrons. The zero-order valence-electron chi connectivity index (χ0n) is 15.5. The van der Waals surface area contributed by atoms with Crippen LogP contribution in [-0.2, 0) is 16.0 Å². The van der Waals surface area contributed by atoms with Gasteiger partial charge in [0.2, 0.25) is 11.8 Å². The topological polar surface area (TPSA) is 61.4 Å². The number of nitrogens with one attached hydrogen (secondary N) is 2. The van der Waals surface area contributed by atoms with Gasteiger partial charge in [-0.15, -0.1) is 11.8 Å². The van der Waals surface area contributed by atoms with E-state index in [9.17, 15) is 14.0 Å². The molecule has 0 bridgehead atoms. The molecule has 0 fully saturated rings. The van der Waals surface area contributed by atoms with Crippen LogP contribution in [0.2, 0.25) is 0 Å². The first kappa shape index (κ1) is 20.9. The second kappa shape index (κ2) is 10.7. The Morgan fingerprint density at radius 3 is 2.44 bits per heavy atom. The average molecular weight is 389 g/mol. The molecule has 0 heterocycles. The molecule has 0 atom stereocenters. The SMILES string of the molecule is CSc1ccccc1NC(=O)CN(C)CC(=O)NCCc1ccccc1F. The lowest BCUT2D eigenvalue weighted by molar-refractivity contribution is -0.122. The van der Waals surface area contributed by atoms with Gasteiger partial charge in [0.15, 0.2) is 0 Å². The quantitative estimate of drug-likeness (QED) is 0.648. The highest BCUT2D eigenvalue weighted by molar-refractivity contribution is 7.98. The molecule has 0 aliphatic carbocycles. The van der Waals surface area contributed by atoms with Crippen molar-refractivity contribution in [3.8, 4) is 0 Å². The average Bonchev–Trinajstić information content (AvgIpc) is 2.63. The number of rotatable bonds is 9. The van der Waals surface area contributed by atoms with Crippen molar-refractivity contribution in [2.75, 3.05) is 38.3 Å². The maximum absolute atomic E-state index is 13.5. The molecule has 0 aliphatic heterocycles. The summed E-state index contributed by atoms with van der Waals surface area (Å²) < 4.78 is 13.5. The Labute approximate surface area is 163 Å². The molecular formula is C20H24FN3O2S. The molecule has 2 amide bonds. The molecule has 0 saturated carbocycles. The van der Waals surface area contributed by atoms with Gasteiger partial charge in [-0.1, -0.05) is 30.3 Å². The van der Waals surface area contributed by atoms with Gasteiger partial charge in [-0.05, 0) is 43.5 Å². The van der Waals surface area contributed by atoms with Gasteiger partial charge in [0.05, 0.1) is 18.8 Å². The zero-order valence-corrected chi connectivity index (χ0v) is 16.3. The van der Waals surface area contributed by atoms with Crippen LogP contribution in [0.4, 0.5) is 10.1 Å². The summed E-state index contributed by atoms with van der Waals surface area (Å²) in [5.74, 6) is -0.657.